The van der Waals surface area contributed by atoms with Crippen LogP contribution in [0.1, 0.15) is 5.69 Å². The van der Waals surface area contributed by atoms with E-state index in [4.69, 9.17) is 0 Å². The van der Waals surface area contributed by atoms with Gasteiger partial charge in [0.05, 0.1) is 22.4 Å². The van der Waals surface area contributed by atoms with Crippen molar-refractivity contribution in [2.24, 2.45) is 10.2 Å². The fraction of sp³-hybridized carbons (Fsp3) is 0.0588. The lowest BCUT2D eigenvalue weighted by atomic mass is 10.2. The fourth-order valence-electron chi connectivity index (χ4n) is 2.44. The van der Waals surface area contributed by atoms with Gasteiger partial charge in [-0.1, -0.05) is 12.1 Å². The standard InChI is InChI=1S/C17H14N6O/c1-10-15(17(24)23-20-10)22-21-12-8-6-11(7-9-12)16-18-13-4-2-3-5-14(13)19-16/h2-9H,1H3,(H,18,19)(H2,20,23,24). The number of nitrogens with one attached hydrogen (secondary N) is 3. The van der Waals surface area contributed by atoms with Crippen molar-refractivity contribution >= 4 is 22.4 Å². The molecule has 0 aliphatic rings. The maximum absolute atomic E-state index is 11.5. The van der Waals surface area contributed by atoms with E-state index >= 15 is 0 Å². The molecule has 0 atom stereocenters. The molecular weight excluding hydrogens is 304 g/mol. The first-order valence-electron chi connectivity index (χ1n) is 7.45. The van der Waals surface area contributed by atoms with Crippen molar-refractivity contribution in [2.75, 3.05) is 0 Å². The van der Waals surface area contributed by atoms with E-state index in [2.05, 4.69) is 30.4 Å². The number of aromatic nitrogens is 4. The molecule has 4 rings (SSSR count). The van der Waals surface area contributed by atoms with Crippen LogP contribution in [0.25, 0.3) is 22.4 Å². The molecular formula is C17H14N6O. The van der Waals surface area contributed by atoms with Gasteiger partial charge in [-0.15, -0.1) is 5.11 Å². The molecule has 0 radical (unpaired) electrons. The summed E-state index contributed by atoms with van der Waals surface area (Å²) in [5, 5.41) is 13.3. The molecule has 3 N–H and O–H groups in total. The highest BCUT2D eigenvalue weighted by Crippen LogP contribution is 2.24. The molecule has 0 spiro atoms. The van der Waals surface area contributed by atoms with Crippen LogP contribution in [0.15, 0.2) is 63.6 Å². The Morgan fingerprint density at radius 3 is 2.46 bits per heavy atom. The number of fused-ring (bicyclic) bond motifs is 1. The van der Waals surface area contributed by atoms with E-state index in [9.17, 15) is 4.79 Å². The number of azo groups is 1. The molecule has 0 bridgehead atoms. The summed E-state index contributed by atoms with van der Waals surface area (Å²) < 4.78 is 0. The smallest absolute Gasteiger partial charge is 0.291 e. The van der Waals surface area contributed by atoms with Crippen molar-refractivity contribution in [3.63, 3.8) is 0 Å². The van der Waals surface area contributed by atoms with Gasteiger partial charge in [-0.2, -0.15) is 5.11 Å². The topological polar surface area (TPSA) is 102 Å². The number of para-hydroxylation sites is 2. The molecule has 0 aliphatic heterocycles. The number of hydrogen-bond donors (Lipinski definition) is 3. The minimum absolute atomic E-state index is 0.282. The Balaban J connectivity index is 1.61. The lowest BCUT2D eigenvalue weighted by Crippen LogP contribution is -1.96. The number of rotatable bonds is 3. The maximum atomic E-state index is 11.5. The van der Waals surface area contributed by atoms with Crippen molar-refractivity contribution in [1.82, 2.24) is 20.2 Å². The molecule has 0 saturated heterocycles. The fourth-order valence-corrected chi connectivity index (χ4v) is 2.44. The van der Waals surface area contributed by atoms with Crippen LogP contribution in [0.4, 0.5) is 11.4 Å². The zero-order valence-corrected chi connectivity index (χ0v) is 12.9. The van der Waals surface area contributed by atoms with Crippen molar-refractivity contribution in [3.05, 3.63) is 64.6 Å². The zero-order valence-electron chi connectivity index (χ0n) is 12.9. The second-order valence-electron chi connectivity index (χ2n) is 5.40. The summed E-state index contributed by atoms with van der Waals surface area (Å²) in [5.74, 6) is 0.803. The first-order valence-corrected chi connectivity index (χ1v) is 7.45. The molecule has 0 fully saturated rings. The van der Waals surface area contributed by atoms with E-state index < -0.39 is 0 Å². The summed E-state index contributed by atoms with van der Waals surface area (Å²) in [4.78, 5) is 19.4. The summed E-state index contributed by atoms with van der Waals surface area (Å²) in [6.45, 7) is 1.76. The lowest BCUT2D eigenvalue weighted by Gasteiger charge is -1.97. The van der Waals surface area contributed by atoms with E-state index in [1.807, 2.05) is 48.5 Å². The van der Waals surface area contributed by atoms with Crippen LogP contribution in [-0.2, 0) is 0 Å². The number of H-pyrrole nitrogens is 3. The summed E-state index contributed by atoms with van der Waals surface area (Å²) in [7, 11) is 0. The van der Waals surface area contributed by atoms with Crippen molar-refractivity contribution in [2.45, 2.75) is 6.92 Å². The number of hydrogen-bond acceptors (Lipinski definition) is 4. The molecule has 0 unspecified atom stereocenters. The SMILES string of the molecule is Cc1[nH][nH]c(=O)c1N=Nc1ccc(-c2nc3ccccc3[nH]2)cc1. The van der Waals surface area contributed by atoms with Crippen LogP contribution in [-0.4, -0.2) is 20.2 Å². The first-order chi connectivity index (χ1) is 11.7. The molecule has 0 saturated carbocycles. The average molecular weight is 318 g/mol. The van der Waals surface area contributed by atoms with Crippen LogP contribution < -0.4 is 5.56 Å². The van der Waals surface area contributed by atoms with E-state index in [0.29, 0.717) is 11.4 Å². The third-order valence-electron chi connectivity index (χ3n) is 3.73. The molecule has 7 heteroatoms. The van der Waals surface area contributed by atoms with Gasteiger partial charge in [0.15, 0.2) is 5.69 Å². The average Bonchev–Trinajstić information content (AvgIpc) is 3.17. The van der Waals surface area contributed by atoms with Crippen LogP contribution in [0.3, 0.4) is 0 Å². The van der Waals surface area contributed by atoms with E-state index in [-0.39, 0.29) is 11.2 Å². The summed E-state index contributed by atoms with van der Waals surface area (Å²) in [6.07, 6.45) is 0. The number of aryl methyl sites for hydroxylation is 1. The minimum Gasteiger partial charge on any atom is -0.338 e. The Morgan fingerprint density at radius 2 is 1.75 bits per heavy atom. The Kier molecular flexibility index (Phi) is 3.31. The van der Waals surface area contributed by atoms with E-state index in [1.165, 1.54) is 0 Å². The molecule has 2 aromatic carbocycles. The predicted molar refractivity (Wildman–Crippen MR) is 91.9 cm³/mol. The first kappa shape index (κ1) is 14.1. The van der Waals surface area contributed by atoms with Crippen LogP contribution in [0, 0.1) is 6.92 Å². The quantitative estimate of drug-likeness (QED) is 0.498. The summed E-state index contributed by atoms with van der Waals surface area (Å²) >= 11 is 0. The zero-order chi connectivity index (χ0) is 16.5. The molecule has 2 heterocycles. The van der Waals surface area contributed by atoms with Crippen molar-refractivity contribution in [3.8, 4) is 11.4 Å². The third-order valence-corrected chi connectivity index (χ3v) is 3.73. The summed E-state index contributed by atoms with van der Waals surface area (Å²) in [6, 6.07) is 15.4. The van der Waals surface area contributed by atoms with Gasteiger partial charge in [0.2, 0.25) is 0 Å². The van der Waals surface area contributed by atoms with Crippen LogP contribution >= 0.6 is 0 Å². The van der Waals surface area contributed by atoms with Gasteiger partial charge in [-0.3, -0.25) is 9.89 Å². The predicted octanol–water partition coefficient (Wildman–Crippen LogP) is 3.97. The second-order valence-corrected chi connectivity index (χ2v) is 5.40. The highest BCUT2D eigenvalue weighted by molar-refractivity contribution is 5.79. The minimum atomic E-state index is -0.282. The Labute approximate surface area is 136 Å². The highest BCUT2D eigenvalue weighted by Gasteiger charge is 2.06. The summed E-state index contributed by atoms with van der Waals surface area (Å²) in [5.41, 5.74) is 4.21. The van der Waals surface area contributed by atoms with Gasteiger partial charge in [-0.25, -0.2) is 4.98 Å². The molecule has 0 amide bonds. The van der Waals surface area contributed by atoms with Gasteiger partial charge in [0.25, 0.3) is 5.56 Å². The number of benzene rings is 2. The van der Waals surface area contributed by atoms with Gasteiger partial charge in [-0.05, 0) is 43.3 Å². The third kappa shape index (κ3) is 2.52. The number of imidazole rings is 1. The molecule has 4 aromatic rings. The molecule has 0 aliphatic carbocycles. The maximum Gasteiger partial charge on any atom is 0.291 e. The van der Waals surface area contributed by atoms with Crippen LogP contribution in [0.2, 0.25) is 0 Å². The van der Waals surface area contributed by atoms with Crippen LogP contribution in [0.5, 0.6) is 0 Å². The monoisotopic (exact) mass is 318 g/mol. The van der Waals surface area contributed by atoms with Gasteiger partial charge in [0.1, 0.15) is 5.82 Å². The van der Waals surface area contributed by atoms with E-state index in [0.717, 1.165) is 22.4 Å². The van der Waals surface area contributed by atoms with Crippen molar-refractivity contribution in [1.29, 1.82) is 0 Å². The van der Waals surface area contributed by atoms with E-state index in [1.54, 1.807) is 6.92 Å². The Morgan fingerprint density at radius 1 is 0.958 bits per heavy atom. The van der Waals surface area contributed by atoms with Crippen molar-refractivity contribution < 1.29 is 0 Å². The largest absolute Gasteiger partial charge is 0.338 e. The highest BCUT2D eigenvalue weighted by atomic mass is 16.1. The lowest BCUT2D eigenvalue weighted by molar-refractivity contribution is 1.02. The molecule has 118 valence electrons. The Hall–Kier alpha value is -3.48. The normalized spacial score (nSPS) is 11.5. The van der Waals surface area contributed by atoms with Gasteiger partial charge >= 0.3 is 0 Å². The van der Waals surface area contributed by atoms with Gasteiger partial charge in [0, 0.05) is 5.56 Å². The van der Waals surface area contributed by atoms with Gasteiger partial charge < -0.3 is 10.1 Å². The number of aromatic amines is 3. The molecule has 2 aromatic heterocycles. The number of nitrogens with zero attached hydrogens (tertiary/aromatic N) is 3. The molecule has 24 heavy (non-hydrogen) atoms. The molecule has 7 nitrogen and oxygen atoms in total. The Bertz CT molecular complexity index is 1050. The second kappa shape index (κ2) is 5.62.